The third-order valence-electron chi connectivity index (χ3n) is 3.44. The van der Waals surface area contributed by atoms with Crippen molar-refractivity contribution in [2.24, 2.45) is 0 Å². The zero-order valence-electron chi connectivity index (χ0n) is 12.3. The molecule has 0 fully saturated rings. The van der Waals surface area contributed by atoms with E-state index in [9.17, 15) is 0 Å². The summed E-state index contributed by atoms with van der Waals surface area (Å²) in [5, 5.41) is 3.40. The molecule has 0 saturated carbocycles. The maximum Gasteiger partial charge on any atom is 0.129 e. The molecule has 0 spiro atoms. The molecule has 0 aromatic carbocycles. The summed E-state index contributed by atoms with van der Waals surface area (Å²) in [7, 11) is 0. The van der Waals surface area contributed by atoms with Gasteiger partial charge in [-0.25, -0.2) is 4.98 Å². The number of rotatable bonds is 5. The number of pyridine rings is 1. The van der Waals surface area contributed by atoms with Crippen LogP contribution in [0.3, 0.4) is 0 Å². The molecule has 3 heteroatoms. The van der Waals surface area contributed by atoms with Crippen LogP contribution in [0.2, 0.25) is 0 Å². The first-order valence-electron chi connectivity index (χ1n) is 7.32. The molecule has 3 nitrogen and oxygen atoms in total. The molecule has 0 aliphatic carbocycles. The molecule has 0 amide bonds. The van der Waals surface area contributed by atoms with Gasteiger partial charge in [0.2, 0.25) is 0 Å². The van der Waals surface area contributed by atoms with E-state index in [1.54, 1.807) is 0 Å². The number of anilines is 1. The lowest BCUT2D eigenvalue weighted by Crippen LogP contribution is -2.28. The summed E-state index contributed by atoms with van der Waals surface area (Å²) in [5.74, 6) is 1.60. The highest BCUT2D eigenvalue weighted by atomic mass is 15.2. The number of hydrogen-bond donors (Lipinski definition) is 1. The zero-order valence-corrected chi connectivity index (χ0v) is 12.3. The largest absolute Gasteiger partial charge is 0.353 e. The van der Waals surface area contributed by atoms with Crippen molar-refractivity contribution in [3.63, 3.8) is 0 Å². The topological polar surface area (TPSA) is 28.2 Å². The Kier molecular flexibility index (Phi) is 4.97. The lowest BCUT2D eigenvalue weighted by Gasteiger charge is -2.26. The van der Waals surface area contributed by atoms with E-state index in [1.807, 2.05) is 0 Å². The molecule has 19 heavy (non-hydrogen) atoms. The minimum absolute atomic E-state index is 0.473. The van der Waals surface area contributed by atoms with Crippen molar-refractivity contribution in [2.75, 3.05) is 24.5 Å². The summed E-state index contributed by atoms with van der Waals surface area (Å²) >= 11 is 0. The highest BCUT2D eigenvalue weighted by Crippen LogP contribution is 2.21. The Morgan fingerprint density at radius 1 is 1.32 bits per heavy atom. The maximum atomic E-state index is 4.83. The molecule has 1 aliphatic rings. The molecule has 1 N–H and O–H groups in total. The van der Waals surface area contributed by atoms with Gasteiger partial charge in [-0.3, -0.25) is 0 Å². The summed E-state index contributed by atoms with van der Waals surface area (Å²) in [6.45, 7) is 10.5. The highest BCUT2D eigenvalue weighted by molar-refractivity contribution is 5.44. The summed E-state index contributed by atoms with van der Waals surface area (Å²) < 4.78 is 0. The second-order valence-corrected chi connectivity index (χ2v) is 5.40. The predicted octanol–water partition coefficient (Wildman–Crippen LogP) is 3.08. The standard InChI is InChI=1S/C16H25N3/c1-4-17-12-14-10-15(13(2)3)18-16(11-14)19-8-6-5-7-9-19/h5-6,10-11,13,17H,4,7-9,12H2,1-3H3. The molecule has 0 bridgehead atoms. The molecule has 1 aromatic rings. The first-order chi connectivity index (χ1) is 9.20. The molecule has 0 unspecified atom stereocenters. The average Bonchev–Trinajstić information content (AvgIpc) is 2.45. The van der Waals surface area contributed by atoms with Gasteiger partial charge in [0.15, 0.2) is 0 Å². The summed E-state index contributed by atoms with van der Waals surface area (Å²) in [6, 6.07) is 4.46. The molecular weight excluding hydrogens is 234 g/mol. The van der Waals surface area contributed by atoms with Gasteiger partial charge in [0.05, 0.1) is 0 Å². The predicted molar refractivity (Wildman–Crippen MR) is 81.7 cm³/mol. The highest BCUT2D eigenvalue weighted by Gasteiger charge is 2.12. The Morgan fingerprint density at radius 3 is 2.79 bits per heavy atom. The third-order valence-corrected chi connectivity index (χ3v) is 3.44. The van der Waals surface area contributed by atoms with Crippen molar-refractivity contribution < 1.29 is 0 Å². The smallest absolute Gasteiger partial charge is 0.129 e. The molecule has 0 saturated heterocycles. The Morgan fingerprint density at radius 2 is 2.16 bits per heavy atom. The van der Waals surface area contributed by atoms with E-state index < -0.39 is 0 Å². The van der Waals surface area contributed by atoms with Gasteiger partial charge in [-0.15, -0.1) is 0 Å². The summed E-state index contributed by atoms with van der Waals surface area (Å²) in [5.41, 5.74) is 2.53. The summed E-state index contributed by atoms with van der Waals surface area (Å²) in [6.07, 6.45) is 5.61. The van der Waals surface area contributed by atoms with Gasteiger partial charge in [0.25, 0.3) is 0 Å². The van der Waals surface area contributed by atoms with E-state index in [4.69, 9.17) is 4.98 Å². The van der Waals surface area contributed by atoms with Crippen LogP contribution in [0.4, 0.5) is 5.82 Å². The fraction of sp³-hybridized carbons (Fsp3) is 0.562. The van der Waals surface area contributed by atoms with Crippen molar-refractivity contribution in [1.82, 2.24) is 10.3 Å². The summed E-state index contributed by atoms with van der Waals surface area (Å²) in [4.78, 5) is 7.19. The molecule has 104 valence electrons. The fourth-order valence-corrected chi connectivity index (χ4v) is 2.27. The van der Waals surface area contributed by atoms with Crippen LogP contribution < -0.4 is 10.2 Å². The van der Waals surface area contributed by atoms with Crippen molar-refractivity contribution in [3.05, 3.63) is 35.5 Å². The second kappa shape index (κ2) is 6.71. The van der Waals surface area contributed by atoms with Crippen molar-refractivity contribution in [1.29, 1.82) is 0 Å². The zero-order chi connectivity index (χ0) is 13.7. The first kappa shape index (κ1) is 14.1. The minimum atomic E-state index is 0.473. The normalized spacial score (nSPS) is 15.3. The van der Waals surface area contributed by atoms with Crippen molar-refractivity contribution >= 4 is 5.82 Å². The lowest BCUT2D eigenvalue weighted by molar-refractivity contribution is 0.716. The maximum absolute atomic E-state index is 4.83. The molecule has 2 rings (SSSR count). The third kappa shape index (κ3) is 3.80. The van der Waals surface area contributed by atoms with Crippen LogP contribution in [0, 0.1) is 0 Å². The van der Waals surface area contributed by atoms with E-state index in [1.165, 1.54) is 11.3 Å². The van der Waals surface area contributed by atoms with Gasteiger partial charge in [-0.05, 0) is 36.6 Å². The second-order valence-electron chi connectivity index (χ2n) is 5.40. The number of nitrogens with one attached hydrogen (secondary N) is 1. The van der Waals surface area contributed by atoms with Crippen LogP contribution in [0.15, 0.2) is 24.3 Å². The van der Waals surface area contributed by atoms with E-state index in [0.717, 1.165) is 38.4 Å². The number of aromatic nitrogens is 1. The van der Waals surface area contributed by atoms with Gasteiger partial charge in [0.1, 0.15) is 5.82 Å². The monoisotopic (exact) mass is 259 g/mol. The fourth-order valence-electron chi connectivity index (χ4n) is 2.27. The van der Waals surface area contributed by atoms with Crippen LogP contribution in [0.5, 0.6) is 0 Å². The quantitative estimate of drug-likeness (QED) is 0.824. The first-order valence-corrected chi connectivity index (χ1v) is 7.32. The van der Waals surface area contributed by atoms with Crippen LogP contribution in [0.1, 0.15) is 44.4 Å². The molecule has 1 aromatic heterocycles. The van der Waals surface area contributed by atoms with Gasteiger partial charge in [-0.2, -0.15) is 0 Å². The Labute approximate surface area is 116 Å². The molecule has 1 aliphatic heterocycles. The number of nitrogens with zero attached hydrogens (tertiary/aromatic N) is 2. The van der Waals surface area contributed by atoms with Crippen molar-refractivity contribution in [3.8, 4) is 0 Å². The van der Waals surface area contributed by atoms with Gasteiger partial charge < -0.3 is 10.2 Å². The van der Waals surface area contributed by atoms with Gasteiger partial charge in [0, 0.05) is 25.3 Å². The molecule has 0 atom stereocenters. The van der Waals surface area contributed by atoms with E-state index in [-0.39, 0.29) is 0 Å². The molecule has 2 heterocycles. The van der Waals surface area contributed by atoms with Gasteiger partial charge >= 0.3 is 0 Å². The molecule has 0 radical (unpaired) electrons. The van der Waals surface area contributed by atoms with E-state index in [2.05, 4.69) is 55.3 Å². The molecular formula is C16H25N3. The lowest BCUT2D eigenvalue weighted by atomic mass is 10.1. The van der Waals surface area contributed by atoms with Crippen molar-refractivity contribution in [2.45, 2.75) is 39.7 Å². The van der Waals surface area contributed by atoms with Crippen LogP contribution in [-0.4, -0.2) is 24.6 Å². The van der Waals surface area contributed by atoms with Crippen LogP contribution >= 0.6 is 0 Å². The Balaban J connectivity index is 2.25. The SMILES string of the molecule is CCNCc1cc(C(C)C)nc(N2CC=CCC2)c1. The average molecular weight is 259 g/mol. The number of hydrogen-bond acceptors (Lipinski definition) is 3. The Hall–Kier alpha value is -1.35. The van der Waals surface area contributed by atoms with E-state index in [0.29, 0.717) is 5.92 Å². The van der Waals surface area contributed by atoms with Crippen LogP contribution in [0.25, 0.3) is 0 Å². The van der Waals surface area contributed by atoms with Gasteiger partial charge in [-0.1, -0.05) is 32.9 Å². The van der Waals surface area contributed by atoms with Crippen LogP contribution in [-0.2, 0) is 6.54 Å². The Bertz CT molecular complexity index is 438. The minimum Gasteiger partial charge on any atom is -0.353 e. The van der Waals surface area contributed by atoms with E-state index >= 15 is 0 Å².